The Bertz CT molecular complexity index is 876. The zero-order valence-corrected chi connectivity index (χ0v) is 14.6. The largest absolute Gasteiger partial charge is 0.326 e. The molecule has 0 unspecified atom stereocenters. The fourth-order valence-electron chi connectivity index (χ4n) is 2.89. The van der Waals surface area contributed by atoms with Gasteiger partial charge in [-0.1, -0.05) is 32.0 Å². The molecule has 0 aliphatic heterocycles. The van der Waals surface area contributed by atoms with Crippen molar-refractivity contribution in [3.63, 3.8) is 0 Å². The molecule has 1 amide bonds. The van der Waals surface area contributed by atoms with Crippen LogP contribution in [0, 0.1) is 13.8 Å². The molecule has 2 aromatic heterocycles. The molecule has 1 aromatic carbocycles. The van der Waals surface area contributed by atoms with E-state index < -0.39 is 0 Å². The van der Waals surface area contributed by atoms with Crippen molar-refractivity contribution in [1.82, 2.24) is 9.38 Å². The van der Waals surface area contributed by atoms with Gasteiger partial charge in [0, 0.05) is 11.9 Å². The van der Waals surface area contributed by atoms with Crippen LogP contribution < -0.4 is 5.32 Å². The standard InChI is InChI=1S/C20H23N3O/c1-13(2)16-7-9-17(10-8-16)22-19(24)12-18-15(4)21-20-14(3)6-5-11-23(18)20/h5-11,13H,12H2,1-4H3,(H,22,24). The van der Waals surface area contributed by atoms with E-state index in [9.17, 15) is 4.79 Å². The molecule has 0 radical (unpaired) electrons. The van der Waals surface area contributed by atoms with E-state index in [1.54, 1.807) is 0 Å². The highest BCUT2D eigenvalue weighted by atomic mass is 16.1. The van der Waals surface area contributed by atoms with Crippen molar-refractivity contribution >= 4 is 17.2 Å². The summed E-state index contributed by atoms with van der Waals surface area (Å²) >= 11 is 0. The molecule has 0 aliphatic carbocycles. The minimum Gasteiger partial charge on any atom is -0.326 e. The van der Waals surface area contributed by atoms with Gasteiger partial charge in [-0.15, -0.1) is 0 Å². The molecule has 0 fully saturated rings. The van der Waals surface area contributed by atoms with Crippen molar-refractivity contribution in [3.8, 4) is 0 Å². The number of nitrogens with zero attached hydrogens (tertiary/aromatic N) is 2. The van der Waals surface area contributed by atoms with Gasteiger partial charge in [0.2, 0.25) is 5.91 Å². The number of nitrogens with one attached hydrogen (secondary N) is 1. The van der Waals surface area contributed by atoms with Crippen molar-refractivity contribution in [2.24, 2.45) is 0 Å². The van der Waals surface area contributed by atoms with Crippen molar-refractivity contribution in [1.29, 1.82) is 0 Å². The second-order valence-corrected chi connectivity index (χ2v) is 6.53. The summed E-state index contributed by atoms with van der Waals surface area (Å²) in [6, 6.07) is 12.0. The second kappa shape index (κ2) is 6.48. The molecule has 0 atom stereocenters. The summed E-state index contributed by atoms with van der Waals surface area (Å²) in [4.78, 5) is 17.0. The van der Waals surface area contributed by atoms with Crippen LogP contribution >= 0.6 is 0 Å². The third kappa shape index (κ3) is 3.18. The number of aryl methyl sites for hydroxylation is 2. The van der Waals surface area contributed by atoms with Crippen LogP contribution in [0.4, 0.5) is 5.69 Å². The number of anilines is 1. The van der Waals surface area contributed by atoms with Gasteiger partial charge in [-0.05, 0) is 49.1 Å². The van der Waals surface area contributed by atoms with Gasteiger partial charge >= 0.3 is 0 Å². The van der Waals surface area contributed by atoms with Gasteiger partial charge < -0.3 is 9.72 Å². The van der Waals surface area contributed by atoms with Crippen LogP contribution in [0.25, 0.3) is 5.65 Å². The molecule has 3 rings (SSSR count). The SMILES string of the molecule is Cc1nc2c(C)cccn2c1CC(=O)Nc1ccc(C(C)C)cc1. The number of rotatable bonds is 4. The van der Waals surface area contributed by atoms with Gasteiger partial charge in [-0.25, -0.2) is 4.98 Å². The van der Waals surface area contributed by atoms with Gasteiger partial charge in [0.25, 0.3) is 0 Å². The predicted molar refractivity (Wildman–Crippen MR) is 97.5 cm³/mol. The molecular formula is C20H23N3O. The van der Waals surface area contributed by atoms with Crippen LogP contribution in [0.15, 0.2) is 42.6 Å². The minimum absolute atomic E-state index is 0.0290. The van der Waals surface area contributed by atoms with Gasteiger partial charge in [0.1, 0.15) is 5.65 Å². The van der Waals surface area contributed by atoms with Crippen molar-refractivity contribution in [3.05, 3.63) is 65.1 Å². The monoisotopic (exact) mass is 321 g/mol. The van der Waals surface area contributed by atoms with E-state index in [-0.39, 0.29) is 5.91 Å². The average molecular weight is 321 g/mol. The fourth-order valence-corrected chi connectivity index (χ4v) is 2.89. The number of fused-ring (bicyclic) bond motifs is 1. The first-order valence-corrected chi connectivity index (χ1v) is 8.28. The Morgan fingerprint density at radius 1 is 1.17 bits per heavy atom. The lowest BCUT2D eigenvalue weighted by Gasteiger charge is -2.09. The van der Waals surface area contributed by atoms with Crippen LogP contribution in [0.2, 0.25) is 0 Å². The van der Waals surface area contributed by atoms with E-state index in [2.05, 4.69) is 36.3 Å². The topological polar surface area (TPSA) is 46.4 Å². The maximum atomic E-state index is 12.4. The van der Waals surface area contributed by atoms with Gasteiger partial charge in [-0.3, -0.25) is 4.79 Å². The molecular weight excluding hydrogens is 298 g/mol. The normalized spacial score (nSPS) is 11.2. The van der Waals surface area contributed by atoms with Gasteiger partial charge in [0.15, 0.2) is 0 Å². The Kier molecular flexibility index (Phi) is 4.38. The van der Waals surface area contributed by atoms with E-state index in [1.165, 1.54) is 5.56 Å². The minimum atomic E-state index is -0.0290. The Hall–Kier alpha value is -2.62. The number of amides is 1. The fraction of sp³-hybridized carbons (Fsp3) is 0.300. The molecule has 0 aliphatic rings. The van der Waals surface area contributed by atoms with Crippen molar-refractivity contribution in [2.45, 2.75) is 40.0 Å². The lowest BCUT2D eigenvalue weighted by atomic mass is 10.0. The molecule has 3 aromatic rings. The Labute approximate surface area is 142 Å². The quantitative estimate of drug-likeness (QED) is 0.780. The number of hydrogen-bond donors (Lipinski definition) is 1. The molecule has 4 nitrogen and oxygen atoms in total. The molecule has 1 N–H and O–H groups in total. The van der Waals surface area contributed by atoms with Crippen LogP contribution in [0.3, 0.4) is 0 Å². The first-order valence-electron chi connectivity index (χ1n) is 8.28. The molecule has 124 valence electrons. The first-order chi connectivity index (χ1) is 11.5. The van der Waals surface area contributed by atoms with Gasteiger partial charge in [-0.2, -0.15) is 0 Å². The number of benzene rings is 1. The zero-order chi connectivity index (χ0) is 17.3. The summed E-state index contributed by atoms with van der Waals surface area (Å²) in [7, 11) is 0. The third-order valence-corrected chi connectivity index (χ3v) is 4.33. The highest BCUT2D eigenvalue weighted by Crippen LogP contribution is 2.19. The first kappa shape index (κ1) is 16.2. The average Bonchev–Trinajstić information content (AvgIpc) is 2.85. The number of imidazole rings is 1. The van der Waals surface area contributed by atoms with E-state index in [1.807, 2.05) is 48.7 Å². The number of hydrogen-bond acceptors (Lipinski definition) is 2. The van der Waals surface area contributed by atoms with Crippen LogP contribution in [0.5, 0.6) is 0 Å². The second-order valence-electron chi connectivity index (χ2n) is 6.53. The van der Waals surface area contributed by atoms with E-state index in [0.29, 0.717) is 12.3 Å². The van der Waals surface area contributed by atoms with E-state index in [0.717, 1.165) is 28.3 Å². The summed E-state index contributed by atoms with van der Waals surface area (Å²) in [5.74, 6) is 0.456. The Morgan fingerprint density at radius 3 is 2.54 bits per heavy atom. The summed E-state index contributed by atoms with van der Waals surface area (Å²) in [6.07, 6.45) is 2.27. The van der Waals surface area contributed by atoms with Crippen LogP contribution in [0.1, 0.15) is 42.3 Å². The summed E-state index contributed by atoms with van der Waals surface area (Å²) in [6.45, 7) is 8.29. The van der Waals surface area contributed by atoms with Gasteiger partial charge in [0.05, 0.1) is 17.8 Å². The van der Waals surface area contributed by atoms with Crippen LogP contribution in [-0.2, 0) is 11.2 Å². The molecule has 4 heteroatoms. The lowest BCUT2D eigenvalue weighted by molar-refractivity contribution is -0.115. The maximum Gasteiger partial charge on any atom is 0.230 e. The highest BCUT2D eigenvalue weighted by Gasteiger charge is 2.14. The molecule has 0 saturated heterocycles. The number of pyridine rings is 1. The summed E-state index contributed by atoms with van der Waals surface area (Å²) in [5, 5.41) is 2.97. The summed E-state index contributed by atoms with van der Waals surface area (Å²) < 4.78 is 2.01. The Morgan fingerprint density at radius 2 is 1.88 bits per heavy atom. The number of carbonyl (C=O) groups excluding carboxylic acids is 1. The van der Waals surface area contributed by atoms with Crippen LogP contribution in [-0.4, -0.2) is 15.3 Å². The summed E-state index contributed by atoms with van der Waals surface area (Å²) in [5.41, 5.74) is 5.95. The smallest absolute Gasteiger partial charge is 0.230 e. The zero-order valence-electron chi connectivity index (χ0n) is 14.6. The third-order valence-electron chi connectivity index (χ3n) is 4.33. The van der Waals surface area contributed by atoms with Crippen molar-refractivity contribution in [2.75, 3.05) is 5.32 Å². The number of carbonyl (C=O) groups is 1. The molecule has 2 heterocycles. The van der Waals surface area contributed by atoms with Crippen molar-refractivity contribution < 1.29 is 4.79 Å². The molecule has 0 spiro atoms. The highest BCUT2D eigenvalue weighted by molar-refractivity contribution is 5.92. The maximum absolute atomic E-state index is 12.4. The lowest BCUT2D eigenvalue weighted by Crippen LogP contribution is -2.16. The Balaban J connectivity index is 1.78. The molecule has 0 bridgehead atoms. The predicted octanol–water partition coefficient (Wildman–Crippen LogP) is 4.26. The molecule has 0 saturated carbocycles. The van der Waals surface area contributed by atoms with E-state index >= 15 is 0 Å². The molecule has 24 heavy (non-hydrogen) atoms. The number of aromatic nitrogens is 2. The van der Waals surface area contributed by atoms with E-state index in [4.69, 9.17) is 0 Å².